The number of nitrogens with two attached hydrogens (primary N) is 1. The van der Waals surface area contributed by atoms with E-state index in [2.05, 4.69) is 5.48 Å². The van der Waals surface area contributed by atoms with Gasteiger partial charge in [0.15, 0.2) is 5.78 Å². The third-order valence-electron chi connectivity index (χ3n) is 4.14. The third kappa shape index (κ3) is 4.13. The van der Waals surface area contributed by atoms with Crippen molar-refractivity contribution in [1.82, 2.24) is 5.48 Å². The van der Waals surface area contributed by atoms with Gasteiger partial charge in [0, 0.05) is 27.8 Å². The predicted molar refractivity (Wildman–Crippen MR) is 106 cm³/mol. The smallest absolute Gasteiger partial charge is 0.276 e. The van der Waals surface area contributed by atoms with Crippen LogP contribution in [0.2, 0.25) is 0 Å². The summed E-state index contributed by atoms with van der Waals surface area (Å²) in [6.07, 6.45) is 2.11. The van der Waals surface area contributed by atoms with Crippen LogP contribution in [-0.2, 0) is 17.7 Å². The zero-order chi connectivity index (χ0) is 18.7. The number of hydrogen-bond donors (Lipinski definition) is 2. The van der Waals surface area contributed by atoms with Gasteiger partial charge in [-0.15, -0.1) is 11.3 Å². The van der Waals surface area contributed by atoms with Crippen molar-refractivity contribution >= 4 is 45.6 Å². The van der Waals surface area contributed by atoms with Crippen molar-refractivity contribution in [3.8, 4) is 0 Å². The summed E-state index contributed by atoms with van der Waals surface area (Å²) in [5.74, 6) is -0.686. The lowest BCUT2D eigenvalue weighted by Crippen LogP contribution is -2.28. The van der Waals surface area contributed by atoms with Crippen molar-refractivity contribution in [3.63, 3.8) is 0 Å². The molecule has 0 bridgehead atoms. The molecule has 1 aliphatic carbocycles. The molecule has 5 nitrogen and oxygen atoms in total. The summed E-state index contributed by atoms with van der Waals surface area (Å²) < 4.78 is 15.1. The maximum Gasteiger partial charge on any atom is 0.276 e. The van der Waals surface area contributed by atoms with Crippen LogP contribution in [0, 0.1) is 9.39 Å². The first-order chi connectivity index (χ1) is 12.5. The third-order valence-corrected chi connectivity index (χ3v) is 6.09. The SMILES string of the molecule is NCCONC(=O)c1c(Cc2ccc(I)cc2F)sc2c1CCCC2=O. The molecule has 1 aromatic heterocycles. The molecular weight excluding hydrogens is 470 g/mol. The van der Waals surface area contributed by atoms with E-state index >= 15 is 0 Å². The van der Waals surface area contributed by atoms with Crippen molar-refractivity contribution in [2.45, 2.75) is 25.7 Å². The van der Waals surface area contributed by atoms with E-state index in [9.17, 15) is 14.0 Å². The number of hydrogen-bond acceptors (Lipinski definition) is 5. The highest BCUT2D eigenvalue weighted by Gasteiger charge is 2.29. The van der Waals surface area contributed by atoms with Crippen LogP contribution < -0.4 is 11.2 Å². The number of carbonyl (C=O) groups is 2. The molecule has 0 aliphatic heterocycles. The fraction of sp³-hybridized carbons (Fsp3) is 0.333. The van der Waals surface area contributed by atoms with Crippen LogP contribution in [0.25, 0.3) is 0 Å². The molecule has 0 spiro atoms. The van der Waals surface area contributed by atoms with Gasteiger partial charge in [-0.2, -0.15) is 0 Å². The van der Waals surface area contributed by atoms with E-state index in [0.717, 1.165) is 9.13 Å². The summed E-state index contributed by atoms with van der Waals surface area (Å²) in [6.45, 7) is 0.472. The minimum Gasteiger partial charge on any atom is -0.328 e. The van der Waals surface area contributed by atoms with Crippen molar-refractivity contribution in [1.29, 1.82) is 0 Å². The molecule has 2 aromatic rings. The number of carbonyl (C=O) groups excluding carboxylic acids is 2. The lowest BCUT2D eigenvalue weighted by atomic mass is 9.93. The Balaban J connectivity index is 1.97. The Kier molecular flexibility index (Phi) is 6.38. The first kappa shape index (κ1) is 19.4. The Bertz CT molecular complexity index is 853. The van der Waals surface area contributed by atoms with Crippen molar-refractivity contribution < 1.29 is 18.8 Å². The minimum absolute atomic E-state index is 0.0440. The van der Waals surface area contributed by atoms with Gasteiger partial charge < -0.3 is 5.73 Å². The molecule has 1 aliphatic rings. The van der Waals surface area contributed by atoms with Gasteiger partial charge in [-0.3, -0.25) is 14.4 Å². The molecule has 138 valence electrons. The molecule has 26 heavy (non-hydrogen) atoms. The van der Waals surface area contributed by atoms with Crippen molar-refractivity contribution in [2.75, 3.05) is 13.2 Å². The Morgan fingerprint density at radius 2 is 2.19 bits per heavy atom. The van der Waals surface area contributed by atoms with E-state index < -0.39 is 5.91 Å². The Hall–Kier alpha value is -1.36. The fourth-order valence-corrected chi connectivity index (χ4v) is 4.76. The van der Waals surface area contributed by atoms with E-state index in [4.69, 9.17) is 10.6 Å². The maximum atomic E-state index is 14.3. The lowest BCUT2D eigenvalue weighted by molar-refractivity contribution is 0.0342. The van der Waals surface area contributed by atoms with Crippen LogP contribution in [0.4, 0.5) is 4.39 Å². The second-order valence-electron chi connectivity index (χ2n) is 5.97. The predicted octanol–water partition coefficient (Wildman–Crippen LogP) is 3.22. The number of benzene rings is 1. The number of halogens is 2. The van der Waals surface area contributed by atoms with Crippen LogP contribution in [0.15, 0.2) is 18.2 Å². The lowest BCUT2D eigenvalue weighted by Gasteiger charge is -2.12. The zero-order valence-electron chi connectivity index (χ0n) is 13.9. The zero-order valence-corrected chi connectivity index (χ0v) is 16.9. The number of rotatable bonds is 6. The van der Waals surface area contributed by atoms with Gasteiger partial charge in [0.05, 0.1) is 17.0 Å². The van der Waals surface area contributed by atoms with Crippen molar-refractivity contribution in [3.05, 3.63) is 54.0 Å². The Morgan fingerprint density at radius 3 is 2.92 bits per heavy atom. The molecule has 0 saturated carbocycles. The highest BCUT2D eigenvalue weighted by Crippen LogP contribution is 2.36. The number of fused-ring (bicyclic) bond motifs is 1. The molecule has 0 atom stereocenters. The van der Waals surface area contributed by atoms with Gasteiger partial charge in [0.2, 0.25) is 0 Å². The summed E-state index contributed by atoms with van der Waals surface area (Å²) in [6, 6.07) is 4.99. The highest BCUT2D eigenvalue weighted by molar-refractivity contribution is 14.1. The fourth-order valence-electron chi connectivity index (χ4n) is 2.97. The quantitative estimate of drug-likeness (QED) is 0.372. The van der Waals surface area contributed by atoms with Crippen LogP contribution in [0.1, 0.15) is 48.9 Å². The normalized spacial score (nSPS) is 13.6. The van der Waals surface area contributed by atoms with Crippen LogP contribution >= 0.6 is 33.9 Å². The van der Waals surface area contributed by atoms with E-state index in [1.54, 1.807) is 6.07 Å². The second kappa shape index (κ2) is 8.55. The molecule has 0 fully saturated rings. The van der Waals surface area contributed by atoms with E-state index in [0.29, 0.717) is 40.1 Å². The Labute approximate surface area is 168 Å². The molecule has 3 rings (SSSR count). The average Bonchev–Trinajstić information content (AvgIpc) is 2.97. The number of thiophene rings is 1. The number of Topliss-reactive ketones (excluding diaryl/α,β-unsaturated/α-hetero) is 1. The molecule has 8 heteroatoms. The van der Waals surface area contributed by atoms with Gasteiger partial charge in [0.25, 0.3) is 5.91 Å². The van der Waals surface area contributed by atoms with Gasteiger partial charge in [-0.05, 0) is 58.7 Å². The molecule has 0 saturated heterocycles. The first-order valence-corrected chi connectivity index (χ1v) is 10.1. The monoisotopic (exact) mass is 488 g/mol. The largest absolute Gasteiger partial charge is 0.328 e. The van der Waals surface area contributed by atoms with Crippen LogP contribution in [-0.4, -0.2) is 24.8 Å². The minimum atomic E-state index is -0.411. The molecular formula is C18H18FIN2O3S. The molecule has 0 unspecified atom stereocenters. The molecule has 1 aromatic carbocycles. The molecule has 0 radical (unpaired) electrons. The van der Waals surface area contributed by atoms with E-state index in [1.807, 2.05) is 28.7 Å². The Morgan fingerprint density at radius 1 is 1.38 bits per heavy atom. The topological polar surface area (TPSA) is 81.4 Å². The van der Waals surface area contributed by atoms with E-state index in [-0.39, 0.29) is 31.2 Å². The van der Waals surface area contributed by atoms with Crippen LogP contribution in [0.3, 0.4) is 0 Å². The summed E-state index contributed by atoms with van der Waals surface area (Å²) >= 11 is 3.33. The van der Waals surface area contributed by atoms with Crippen molar-refractivity contribution in [2.24, 2.45) is 5.73 Å². The summed E-state index contributed by atoms with van der Waals surface area (Å²) in [7, 11) is 0. The number of amides is 1. The number of hydroxylamine groups is 1. The van der Waals surface area contributed by atoms with Gasteiger partial charge >= 0.3 is 0 Å². The van der Waals surface area contributed by atoms with Gasteiger partial charge in [0.1, 0.15) is 5.82 Å². The van der Waals surface area contributed by atoms with Gasteiger partial charge in [-0.25, -0.2) is 9.87 Å². The van der Waals surface area contributed by atoms with Crippen LogP contribution in [0.5, 0.6) is 0 Å². The van der Waals surface area contributed by atoms with E-state index in [1.165, 1.54) is 17.4 Å². The van der Waals surface area contributed by atoms with Gasteiger partial charge in [-0.1, -0.05) is 6.07 Å². The molecule has 1 amide bonds. The average molecular weight is 488 g/mol. The summed E-state index contributed by atoms with van der Waals surface area (Å²) in [5, 5.41) is 0. The highest BCUT2D eigenvalue weighted by atomic mass is 127. The first-order valence-electron chi connectivity index (χ1n) is 8.25. The standard InChI is InChI=1S/C18H18FIN2O3S/c19-13-9-11(20)5-4-10(13)8-15-16(18(24)22-25-7-6-21)12-2-1-3-14(23)17(12)26-15/h4-5,9H,1-3,6-8,21H2,(H,22,24). The summed E-state index contributed by atoms with van der Waals surface area (Å²) in [4.78, 5) is 31.2. The summed E-state index contributed by atoms with van der Waals surface area (Å²) in [5.41, 5.74) is 9.43. The second-order valence-corrected chi connectivity index (χ2v) is 8.32. The number of nitrogens with one attached hydrogen (secondary N) is 1. The maximum absolute atomic E-state index is 14.3. The molecule has 3 N–H and O–H groups in total. The number of ketones is 1. The molecule has 1 heterocycles.